The summed E-state index contributed by atoms with van der Waals surface area (Å²) in [7, 11) is 1.53. The average molecular weight is 528 g/mol. The van der Waals surface area contributed by atoms with Crippen molar-refractivity contribution < 1.29 is 23.9 Å². The van der Waals surface area contributed by atoms with Crippen molar-refractivity contribution in [2.75, 3.05) is 7.05 Å². The number of ether oxygens (including phenoxy) is 2. The van der Waals surface area contributed by atoms with Gasteiger partial charge in [-0.2, -0.15) is 0 Å². The molecule has 0 spiro atoms. The Morgan fingerprint density at radius 1 is 1.13 bits per heavy atom. The zero-order valence-electron chi connectivity index (χ0n) is 18.5. The molecular formula is C22H29IN2O5. The Morgan fingerprint density at radius 3 is 2.27 bits per heavy atom. The highest BCUT2D eigenvalue weighted by atomic mass is 127. The first-order valence-electron chi connectivity index (χ1n) is 9.66. The van der Waals surface area contributed by atoms with E-state index >= 15 is 0 Å². The van der Waals surface area contributed by atoms with Crippen LogP contribution in [0.2, 0.25) is 0 Å². The largest absolute Gasteiger partial charge is 0.444 e. The van der Waals surface area contributed by atoms with Crippen molar-refractivity contribution in [3.8, 4) is 0 Å². The summed E-state index contributed by atoms with van der Waals surface area (Å²) in [4.78, 5) is 38.3. The molecule has 30 heavy (non-hydrogen) atoms. The number of aromatic nitrogens is 1. The summed E-state index contributed by atoms with van der Waals surface area (Å²) in [6, 6.07) is 4.88. The van der Waals surface area contributed by atoms with E-state index in [-0.39, 0.29) is 6.42 Å². The Hall–Kier alpha value is -2.10. The second-order valence-electron chi connectivity index (χ2n) is 9.14. The second kappa shape index (κ2) is 8.95. The number of carbonyl (C=O) groups is 3. The van der Waals surface area contributed by atoms with Gasteiger partial charge in [-0.3, -0.25) is 4.57 Å². The first kappa shape index (κ1) is 24.2. The number of likely N-dealkylation sites (N-methyl/N-ethyl adjacent to an activating group) is 1. The minimum Gasteiger partial charge on any atom is -0.444 e. The number of amides is 1. The van der Waals surface area contributed by atoms with Crippen LogP contribution < -0.4 is 0 Å². The summed E-state index contributed by atoms with van der Waals surface area (Å²) in [5.74, 6) is 0. The van der Waals surface area contributed by atoms with Crippen molar-refractivity contribution in [2.24, 2.45) is 0 Å². The first-order valence-corrected chi connectivity index (χ1v) is 10.7. The maximum absolute atomic E-state index is 12.7. The Labute approximate surface area is 190 Å². The standard InChI is InChI=1S/C22H29IN2O5/c1-21(2,3)29-19(27)24(7)15(13-26)11-14-12-25(20(28)30-22(4,5)6)17-10-8-9-16(23)18(14)17/h8-10,12-13,15H,11H2,1-7H3/t15-/m1/s1. The molecule has 0 aliphatic heterocycles. The fourth-order valence-corrected chi connectivity index (χ4v) is 3.74. The molecule has 0 saturated carbocycles. The molecule has 2 aromatic rings. The van der Waals surface area contributed by atoms with Gasteiger partial charge in [-0.05, 0) is 81.8 Å². The summed E-state index contributed by atoms with van der Waals surface area (Å²) in [5, 5.41) is 0.855. The van der Waals surface area contributed by atoms with Gasteiger partial charge >= 0.3 is 12.2 Å². The Morgan fingerprint density at radius 2 is 1.73 bits per heavy atom. The Kier molecular flexibility index (Phi) is 7.21. The molecule has 164 valence electrons. The molecule has 0 bridgehead atoms. The van der Waals surface area contributed by atoms with Crippen LogP contribution >= 0.6 is 22.6 Å². The maximum Gasteiger partial charge on any atom is 0.419 e. The number of rotatable bonds is 4. The molecule has 1 amide bonds. The molecule has 0 saturated heterocycles. The van der Waals surface area contributed by atoms with Gasteiger partial charge in [0.25, 0.3) is 0 Å². The van der Waals surface area contributed by atoms with Crippen LogP contribution in [0.5, 0.6) is 0 Å². The highest BCUT2D eigenvalue weighted by Gasteiger charge is 2.28. The molecule has 0 aliphatic carbocycles. The summed E-state index contributed by atoms with van der Waals surface area (Å²) in [6.45, 7) is 10.7. The topological polar surface area (TPSA) is 77.8 Å². The molecule has 0 radical (unpaired) electrons. The predicted octanol–water partition coefficient (Wildman–Crippen LogP) is 5.01. The van der Waals surface area contributed by atoms with Gasteiger partial charge in [0.05, 0.1) is 11.6 Å². The highest BCUT2D eigenvalue weighted by Crippen LogP contribution is 2.29. The highest BCUT2D eigenvalue weighted by molar-refractivity contribution is 14.1. The zero-order chi connectivity index (χ0) is 22.9. The molecule has 0 N–H and O–H groups in total. The van der Waals surface area contributed by atoms with Crippen LogP contribution in [-0.2, 0) is 20.7 Å². The fourth-order valence-electron chi connectivity index (χ4n) is 2.91. The summed E-state index contributed by atoms with van der Waals surface area (Å²) in [6.07, 6.45) is 1.57. The number of nitrogens with zero attached hydrogens (tertiary/aromatic N) is 2. The van der Waals surface area contributed by atoms with Crippen molar-refractivity contribution in [1.29, 1.82) is 0 Å². The summed E-state index contributed by atoms with van der Waals surface area (Å²) < 4.78 is 13.3. The molecular weight excluding hydrogens is 499 g/mol. The molecule has 1 atom stereocenters. The van der Waals surface area contributed by atoms with Crippen LogP contribution in [0.3, 0.4) is 0 Å². The van der Waals surface area contributed by atoms with E-state index in [1.165, 1.54) is 16.5 Å². The molecule has 0 fully saturated rings. The van der Waals surface area contributed by atoms with E-state index in [1.54, 1.807) is 47.7 Å². The number of hydrogen-bond donors (Lipinski definition) is 0. The normalized spacial score (nSPS) is 13.1. The summed E-state index contributed by atoms with van der Waals surface area (Å²) >= 11 is 2.20. The van der Waals surface area contributed by atoms with Gasteiger partial charge < -0.3 is 19.2 Å². The maximum atomic E-state index is 12.7. The van der Waals surface area contributed by atoms with Crippen LogP contribution in [0.15, 0.2) is 24.4 Å². The SMILES string of the molecule is CN(C(=O)OC(C)(C)C)[C@@H](C=O)Cc1cn(C(=O)OC(C)(C)C)c2cccc(I)c12. The van der Waals surface area contributed by atoms with E-state index in [4.69, 9.17) is 9.47 Å². The zero-order valence-corrected chi connectivity index (χ0v) is 20.6. The number of aldehydes is 1. The molecule has 0 aliphatic rings. The van der Waals surface area contributed by atoms with E-state index in [9.17, 15) is 14.4 Å². The van der Waals surface area contributed by atoms with Crippen LogP contribution in [0, 0.1) is 3.57 Å². The lowest BCUT2D eigenvalue weighted by atomic mass is 10.1. The summed E-state index contributed by atoms with van der Waals surface area (Å²) in [5.41, 5.74) is 0.156. The number of carbonyl (C=O) groups excluding carboxylic acids is 3. The van der Waals surface area contributed by atoms with Crippen LogP contribution in [0.1, 0.15) is 47.1 Å². The fraction of sp³-hybridized carbons (Fsp3) is 0.500. The minimum atomic E-state index is -0.742. The molecule has 1 heterocycles. The van der Waals surface area contributed by atoms with Crippen molar-refractivity contribution >= 4 is 52.0 Å². The van der Waals surface area contributed by atoms with Gasteiger partial charge in [-0.1, -0.05) is 6.07 Å². The number of fused-ring (bicyclic) bond motifs is 1. The van der Waals surface area contributed by atoms with E-state index in [0.717, 1.165) is 20.8 Å². The van der Waals surface area contributed by atoms with Crippen LogP contribution in [0.25, 0.3) is 10.9 Å². The molecule has 1 aromatic heterocycles. The third-order valence-corrected chi connectivity index (χ3v) is 5.11. The number of benzene rings is 1. The van der Waals surface area contributed by atoms with Gasteiger partial charge in [0, 0.05) is 28.6 Å². The third-order valence-electron chi connectivity index (χ3n) is 4.21. The lowest BCUT2D eigenvalue weighted by Gasteiger charge is -2.28. The molecule has 1 aromatic carbocycles. The van der Waals surface area contributed by atoms with Gasteiger partial charge in [0.2, 0.25) is 0 Å². The Balaban J connectivity index is 2.42. The second-order valence-corrected chi connectivity index (χ2v) is 10.3. The monoisotopic (exact) mass is 528 g/mol. The van der Waals surface area contributed by atoms with Gasteiger partial charge in [0.1, 0.15) is 17.5 Å². The molecule has 2 rings (SSSR count). The van der Waals surface area contributed by atoms with Gasteiger partial charge in [-0.15, -0.1) is 0 Å². The van der Waals surface area contributed by atoms with Crippen molar-refractivity contribution in [3.63, 3.8) is 0 Å². The minimum absolute atomic E-state index is 0.242. The van der Waals surface area contributed by atoms with Gasteiger partial charge in [-0.25, -0.2) is 9.59 Å². The van der Waals surface area contributed by atoms with Crippen molar-refractivity contribution in [3.05, 3.63) is 33.5 Å². The quantitative estimate of drug-likeness (QED) is 0.412. The average Bonchev–Trinajstić information content (AvgIpc) is 2.96. The lowest BCUT2D eigenvalue weighted by Crippen LogP contribution is -2.42. The van der Waals surface area contributed by atoms with Gasteiger partial charge in [0.15, 0.2) is 0 Å². The van der Waals surface area contributed by atoms with Crippen molar-refractivity contribution in [2.45, 2.75) is 65.2 Å². The molecule has 0 unspecified atom stereocenters. The smallest absolute Gasteiger partial charge is 0.419 e. The van der Waals surface area contributed by atoms with Crippen molar-refractivity contribution in [1.82, 2.24) is 9.47 Å². The number of hydrogen-bond acceptors (Lipinski definition) is 5. The van der Waals surface area contributed by atoms with Crippen LogP contribution in [-0.4, -0.2) is 52.2 Å². The lowest BCUT2D eigenvalue weighted by molar-refractivity contribution is -0.112. The van der Waals surface area contributed by atoms with E-state index in [2.05, 4.69) is 22.6 Å². The third kappa shape index (κ3) is 5.96. The number of halogens is 1. The molecule has 8 heteroatoms. The van der Waals surface area contributed by atoms with Crippen LogP contribution in [0.4, 0.5) is 9.59 Å². The van der Waals surface area contributed by atoms with E-state index < -0.39 is 29.4 Å². The predicted molar refractivity (Wildman–Crippen MR) is 124 cm³/mol. The van der Waals surface area contributed by atoms with E-state index in [1.807, 2.05) is 18.2 Å². The Bertz CT molecular complexity index is 953. The first-order chi connectivity index (χ1) is 13.7. The van der Waals surface area contributed by atoms with E-state index in [0.29, 0.717) is 5.52 Å². The molecule has 7 nitrogen and oxygen atoms in total.